The second-order valence-electron chi connectivity index (χ2n) is 19.5. The SMILES string of the molecule is C(=N\n1cccc1)/c1[nH]nc2ccc(-c3cncc4ccccc34)cc12.Cn1nc(/C=N/n2cccc2)c2cc(-c3cncc4ccccc34)ccc21.Cn1nc(C=O)c2cc(-c3cncc4ccccc34)ccc21.NCCN.Nn1cccc1. The van der Waals surface area contributed by atoms with Gasteiger partial charge >= 0.3 is 0 Å². The molecule has 9 heterocycles. The summed E-state index contributed by atoms with van der Waals surface area (Å²) in [6, 6.07) is 55.0. The standard InChI is InChI=1S/C22H17N5.C21H15N5.C18H13N3O.C4H6N2.C2H8N2/c1-26-22-9-8-16(20-14-23-13-17-6-2-3-7-18(17)20)12-19(22)21(25-26)15-24-27-10-4-5-11-27;1-2-6-17-16(5-1)12-22-13-19(17)15-7-8-20-18(11-15)21(25-24-20)14-23-26-9-3-4-10-26;1-21-18-7-6-12(8-15(18)17(11-22)20-21)16-10-19-9-13-4-2-3-5-14(13)16;5-6-3-1-2-4-6;3-1-2-4/h2-15H,1H3;1-14H,(H,24,25);2-11H,1H3;1-4H,5H2;1-4H2/b24-15+;23-14+;;;. The first-order valence-electron chi connectivity index (χ1n) is 27.3. The van der Waals surface area contributed by atoms with Crippen LogP contribution >= 0.6 is 0 Å². The molecule has 85 heavy (non-hydrogen) atoms. The summed E-state index contributed by atoms with van der Waals surface area (Å²) in [6.07, 6.45) is 26.9. The molecule has 9 aromatic heterocycles. The van der Waals surface area contributed by atoms with E-state index in [9.17, 15) is 4.79 Å². The molecule has 0 atom stereocenters. The molecule has 18 nitrogen and oxygen atoms in total. The van der Waals surface area contributed by atoms with Crippen molar-refractivity contribution in [1.82, 2.24) is 58.7 Å². The maximum Gasteiger partial charge on any atom is 0.170 e. The van der Waals surface area contributed by atoms with Crippen molar-refractivity contribution >= 4 is 83.7 Å². The number of nitrogens with zero attached hydrogens (tertiary/aromatic N) is 13. The van der Waals surface area contributed by atoms with Gasteiger partial charge in [-0.15, -0.1) is 0 Å². The molecule has 0 spiro atoms. The van der Waals surface area contributed by atoms with E-state index in [1.807, 2.05) is 172 Å². The fourth-order valence-corrected chi connectivity index (χ4v) is 9.84. The number of aromatic amines is 1. The molecule has 0 unspecified atom stereocenters. The predicted octanol–water partition coefficient (Wildman–Crippen LogP) is 11.6. The van der Waals surface area contributed by atoms with Crippen molar-refractivity contribution in [1.29, 1.82) is 0 Å². The van der Waals surface area contributed by atoms with Crippen molar-refractivity contribution in [3.63, 3.8) is 0 Å². The van der Waals surface area contributed by atoms with E-state index >= 15 is 0 Å². The Hall–Kier alpha value is -11.5. The number of hydrogen-bond acceptors (Lipinski definition) is 12. The van der Waals surface area contributed by atoms with Gasteiger partial charge in [-0.1, -0.05) is 91.0 Å². The first-order valence-corrected chi connectivity index (χ1v) is 27.3. The minimum absolute atomic E-state index is 0.465. The number of rotatable bonds is 9. The summed E-state index contributed by atoms with van der Waals surface area (Å²) in [5, 5.41) is 35.0. The molecule has 0 amide bonds. The number of carbonyl (C=O) groups excluding carboxylic acids is 1. The number of hydrogen-bond donors (Lipinski definition) is 4. The molecule has 0 bridgehead atoms. The Morgan fingerprint density at radius 1 is 0.459 bits per heavy atom. The fourth-order valence-electron chi connectivity index (χ4n) is 9.84. The van der Waals surface area contributed by atoms with Gasteiger partial charge in [0.25, 0.3) is 0 Å². The first-order chi connectivity index (χ1) is 41.8. The number of benzene rings is 6. The number of nitrogen functional groups attached to an aromatic ring is 1. The number of pyridine rings is 3. The largest absolute Gasteiger partial charge is 0.340 e. The van der Waals surface area contributed by atoms with E-state index in [-0.39, 0.29) is 0 Å². The molecular formula is C67H59N17O. The molecule has 15 aromatic rings. The van der Waals surface area contributed by atoms with E-state index in [2.05, 4.69) is 118 Å². The van der Waals surface area contributed by atoms with E-state index in [0.717, 1.165) is 105 Å². The number of aldehydes is 1. The number of nitrogens with one attached hydrogen (secondary N) is 1. The summed E-state index contributed by atoms with van der Waals surface area (Å²) >= 11 is 0. The minimum Gasteiger partial charge on any atom is -0.340 e. The number of aromatic nitrogens is 12. The van der Waals surface area contributed by atoms with Crippen LogP contribution in [0.2, 0.25) is 0 Å². The molecule has 0 saturated heterocycles. The number of fused-ring (bicyclic) bond motifs is 6. The van der Waals surface area contributed by atoms with Crippen LogP contribution in [0.5, 0.6) is 0 Å². The van der Waals surface area contributed by atoms with Crippen LogP contribution in [-0.2, 0) is 14.1 Å². The van der Waals surface area contributed by atoms with Gasteiger partial charge in [-0.05, 0) is 106 Å². The quantitative estimate of drug-likeness (QED) is 0.0606. The molecule has 0 aliphatic carbocycles. The zero-order valence-electron chi connectivity index (χ0n) is 46.6. The van der Waals surface area contributed by atoms with E-state index in [1.54, 1.807) is 38.9 Å². The molecule has 418 valence electrons. The molecule has 6 aromatic carbocycles. The molecule has 0 saturated carbocycles. The molecule has 0 aliphatic heterocycles. The second-order valence-corrected chi connectivity index (χ2v) is 19.5. The van der Waals surface area contributed by atoms with Crippen molar-refractivity contribution < 1.29 is 4.79 Å². The van der Waals surface area contributed by atoms with Crippen LogP contribution < -0.4 is 17.3 Å². The van der Waals surface area contributed by atoms with Gasteiger partial charge in [0.1, 0.15) is 11.4 Å². The zero-order chi connectivity index (χ0) is 58.5. The normalized spacial score (nSPS) is 11.2. The van der Waals surface area contributed by atoms with Crippen molar-refractivity contribution in [2.45, 2.75) is 0 Å². The zero-order valence-corrected chi connectivity index (χ0v) is 46.6. The predicted molar refractivity (Wildman–Crippen MR) is 343 cm³/mol. The average Bonchev–Trinajstić information content (AvgIpc) is 3.54. The second kappa shape index (κ2) is 26.0. The van der Waals surface area contributed by atoms with Crippen LogP contribution in [0.25, 0.3) is 98.4 Å². The van der Waals surface area contributed by atoms with Gasteiger partial charge < -0.3 is 17.3 Å². The van der Waals surface area contributed by atoms with Gasteiger partial charge in [0.05, 0.1) is 34.7 Å². The van der Waals surface area contributed by atoms with Gasteiger partial charge in [0, 0.05) is 151 Å². The van der Waals surface area contributed by atoms with Crippen molar-refractivity contribution in [3.05, 3.63) is 255 Å². The van der Waals surface area contributed by atoms with Gasteiger partial charge in [0.2, 0.25) is 0 Å². The average molecular weight is 1120 g/mol. The van der Waals surface area contributed by atoms with Crippen molar-refractivity contribution in [2.75, 3.05) is 18.9 Å². The Labute approximate surface area is 488 Å². The molecule has 15 rings (SSSR count). The third-order valence-corrected chi connectivity index (χ3v) is 14.0. The third-order valence-electron chi connectivity index (χ3n) is 14.0. The highest BCUT2D eigenvalue weighted by Crippen LogP contribution is 2.34. The van der Waals surface area contributed by atoms with Crippen LogP contribution in [0.15, 0.2) is 248 Å². The highest BCUT2D eigenvalue weighted by Gasteiger charge is 2.14. The third kappa shape index (κ3) is 12.6. The lowest BCUT2D eigenvalue weighted by atomic mass is 9.99. The summed E-state index contributed by atoms with van der Waals surface area (Å²) in [4.78, 5) is 24.3. The maximum absolute atomic E-state index is 11.2. The summed E-state index contributed by atoms with van der Waals surface area (Å²) in [5.41, 5.74) is 21.5. The minimum atomic E-state index is 0.465. The Kier molecular flexibility index (Phi) is 16.9. The van der Waals surface area contributed by atoms with Crippen LogP contribution in [0.4, 0.5) is 0 Å². The van der Waals surface area contributed by atoms with E-state index < -0.39 is 0 Å². The van der Waals surface area contributed by atoms with Gasteiger partial charge in [-0.25, -0.2) is 9.35 Å². The highest BCUT2D eigenvalue weighted by atomic mass is 16.1. The molecule has 0 aliphatic rings. The lowest BCUT2D eigenvalue weighted by molar-refractivity contribution is 0.111. The smallest absolute Gasteiger partial charge is 0.170 e. The number of carbonyl (C=O) groups is 1. The van der Waals surface area contributed by atoms with E-state index in [1.165, 1.54) is 15.4 Å². The Morgan fingerprint density at radius 3 is 1.32 bits per heavy atom. The summed E-state index contributed by atoms with van der Waals surface area (Å²) in [6.45, 7) is 1.19. The molecule has 0 radical (unpaired) electrons. The highest BCUT2D eigenvalue weighted by molar-refractivity contribution is 6.04. The lowest BCUT2D eigenvalue weighted by Crippen LogP contribution is -2.11. The van der Waals surface area contributed by atoms with Gasteiger partial charge in [-0.2, -0.15) is 25.5 Å². The number of H-pyrrole nitrogens is 1. The van der Waals surface area contributed by atoms with Crippen molar-refractivity contribution in [2.24, 2.45) is 35.8 Å². The summed E-state index contributed by atoms with van der Waals surface area (Å²) < 4.78 is 8.63. The number of nitrogens with two attached hydrogens (primary N) is 3. The first kappa shape index (κ1) is 55.4. The molecule has 7 N–H and O–H groups in total. The topological polar surface area (TPSA) is 238 Å². The summed E-state index contributed by atoms with van der Waals surface area (Å²) in [7, 11) is 3.79. The van der Waals surface area contributed by atoms with Crippen LogP contribution in [-0.4, -0.2) is 90.5 Å². The lowest BCUT2D eigenvalue weighted by Gasteiger charge is -2.06. The Morgan fingerprint density at radius 2 is 0.871 bits per heavy atom. The molecule has 0 fully saturated rings. The fraction of sp³-hybridized carbons (Fsp3) is 0.0597. The number of aryl methyl sites for hydroxylation is 2. The monoisotopic (exact) mass is 1120 g/mol. The Balaban J connectivity index is 0.000000123. The van der Waals surface area contributed by atoms with E-state index in [0.29, 0.717) is 18.8 Å². The van der Waals surface area contributed by atoms with Crippen LogP contribution in [0.1, 0.15) is 21.9 Å². The van der Waals surface area contributed by atoms with Gasteiger partial charge in [-0.3, -0.25) is 38.9 Å². The molecule has 18 heteroatoms. The Bertz CT molecular complexity index is 4750. The van der Waals surface area contributed by atoms with E-state index in [4.69, 9.17) is 17.3 Å². The molecular weight excluding hydrogens is 1060 g/mol. The van der Waals surface area contributed by atoms with Crippen LogP contribution in [0.3, 0.4) is 0 Å². The van der Waals surface area contributed by atoms with Gasteiger partial charge in [0.15, 0.2) is 6.29 Å². The van der Waals surface area contributed by atoms with Crippen molar-refractivity contribution in [3.8, 4) is 33.4 Å². The van der Waals surface area contributed by atoms with Crippen LogP contribution in [0, 0.1) is 0 Å². The maximum atomic E-state index is 11.2. The summed E-state index contributed by atoms with van der Waals surface area (Å²) in [5.74, 6) is 5.19.